The monoisotopic (exact) mass is 338 g/mol. The van der Waals surface area contributed by atoms with Crippen LogP contribution in [-0.2, 0) is 17.3 Å². The van der Waals surface area contributed by atoms with E-state index in [0.717, 1.165) is 30.7 Å². The van der Waals surface area contributed by atoms with E-state index >= 15 is 0 Å². The largest absolute Gasteiger partial charge is 0.0897 e. The lowest BCUT2D eigenvalue weighted by atomic mass is 9.79. The number of hydrogen-bond acceptors (Lipinski definition) is 1. The summed E-state index contributed by atoms with van der Waals surface area (Å²) in [5.74, 6) is 0. The molecule has 124 valence electrons. The van der Waals surface area contributed by atoms with Crippen LogP contribution in [0.3, 0.4) is 0 Å². The predicted octanol–water partition coefficient (Wildman–Crippen LogP) is 7.04. The van der Waals surface area contributed by atoms with Gasteiger partial charge in [0.1, 0.15) is 0 Å². The first-order valence-corrected chi connectivity index (χ1v) is 9.10. The van der Waals surface area contributed by atoms with Gasteiger partial charge in [0.2, 0.25) is 0 Å². The highest BCUT2D eigenvalue weighted by atomic mass is 35.5. The highest BCUT2D eigenvalue weighted by Gasteiger charge is 2.25. The number of aryl methyl sites for hydroxylation is 1. The summed E-state index contributed by atoms with van der Waals surface area (Å²) in [5, 5.41) is 0.930. The van der Waals surface area contributed by atoms with E-state index in [1.54, 1.807) is 0 Å². The fourth-order valence-corrected chi connectivity index (χ4v) is 3.59. The Hall–Kier alpha value is -0.400. The first-order chi connectivity index (χ1) is 9.96. The molecule has 2 heteroatoms. The van der Waals surface area contributed by atoms with Crippen LogP contribution < -0.4 is 0 Å². The Balaban J connectivity index is 3.21. The number of halogens is 1. The van der Waals surface area contributed by atoms with Crippen LogP contribution in [0.2, 0.25) is 5.02 Å². The van der Waals surface area contributed by atoms with Crippen molar-refractivity contribution < 1.29 is 0 Å². The molecule has 0 bridgehead atoms. The maximum absolute atomic E-state index is 6.74. The molecule has 0 nitrogen and oxygen atoms in total. The third-order valence-corrected chi connectivity index (χ3v) is 4.79. The number of benzene rings is 1. The Morgan fingerprint density at radius 2 is 1.41 bits per heavy atom. The molecule has 1 aromatic carbocycles. The lowest BCUT2D eigenvalue weighted by molar-refractivity contribution is 0.567. The zero-order chi connectivity index (χ0) is 17.1. The molecule has 0 unspecified atom stereocenters. The topological polar surface area (TPSA) is 0 Å². The molecule has 0 fully saturated rings. The molecule has 0 N–H and O–H groups in total. The van der Waals surface area contributed by atoms with Gasteiger partial charge in [0.15, 0.2) is 0 Å². The molecule has 0 radical (unpaired) electrons. The Bertz CT molecular complexity index is 495. The molecule has 0 aliphatic carbocycles. The first-order valence-electron chi connectivity index (χ1n) is 8.32. The SMILES string of the molecule is CCCC(=S)CCc1cc(C(C)(C)C)c(Cl)c(C(C)(C)C)c1. The van der Waals surface area contributed by atoms with Crippen molar-refractivity contribution >= 4 is 28.7 Å². The highest BCUT2D eigenvalue weighted by Crippen LogP contribution is 2.38. The average molecular weight is 339 g/mol. The van der Waals surface area contributed by atoms with Crippen molar-refractivity contribution in [1.82, 2.24) is 0 Å². The average Bonchev–Trinajstić information content (AvgIpc) is 2.35. The van der Waals surface area contributed by atoms with Gasteiger partial charge in [-0.3, -0.25) is 0 Å². The van der Waals surface area contributed by atoms with Gasteiger partial charge < -0.3 is 0 Å². The molecule has 0 atom stereocenters. The summed E-state index contributed by atoms with van der Waals surface area (Å²) < 4.78 is 0. The molecule has 0 spiro atoms. The van der Waals surface area contributed by atoms with Gasteiger partial charge in [-0.05, 0) is 51.6 Å². The number of thiocarbonyl (C=S) groups is 1. The molecule has 0 aliphatic heterocycles. The lowest BCUT2D eigenvalue weighted by Gasteiger charge is -2.28. The van der Waals surface area contributed by atoms with Crippen molar-refractivity contribution in [3.8, 4) is 0 Å². The van der Waals surface area contributed by atoms with Crippen LogP contribution in [-0.4, -0.2) is 4.86 Å². The zero-order valence-corrected chi connectivity index (χ0v) is 16.8. The van der Waals surface area contributed by atoms with Gasteiger partial charge in [0, 0.05) is 5.02 Å². The van der Waals surface area contributed by atoms with Gasteiger partial charge in [-0.25, -0.2) is 0 Å². The summed E-state index contributed by atoms with van der Waals surface area (Å²) in [5.41, 5.74) is 3.96. The number of rotatable bonds is 5. The third-order valence-electron chi connectivity index (χ3n) is 3.97. The number of hydrogen-bond donors (Lipinski definition) is 0. The molecule has 0 heterocycles. The summed E-state index contributed by atoms with van der Waals surface area (Å²) in [6.45, 7) is 15.6. The Kier molecular flexibility index (Phi) is 6.65. The minimum atomic E-state index is 0.0526. The molecule has 0 amide bonds. The molecule has 0 aliphatic rings. The van der Waals surface area contributed by atoms with E-state index in [2.05, 4.69) is 60.6 Å². The van der Waals surface area contributed by atoms with Gasteiger partial charge >= 0.3 is 0 Å². The van der Waals surface area contributed by atoms with E-state index in [1.165, 1.54) is 21.6 Å². The first kappa shape index (κ1) is 19.6. The fraction of sp³-hybridized carbons (Fsp3) is 0.650. The van der Waals surface area contributed by atoms with Gasteiger partial charge in [-0.2, -0.15) is 0 Å². The van der Waals surface area contributed by atoms with Crippen molar-refractivity contribution in [3.63, 3.8) is 0 Å². The van der Waals surface area contributed by atoms with Crippen molar-refractivity contribution in [3.05, 3.63) is 33.8 Å². The van der Waals surface area contributed by atoms with Crippen LogP contribution in [0.1, 0.15) is 84.4 Å². The van der Waals surface area contributed by atoms with Crippen LogP contribution in [0, 0.1) is 0 Å². The van der Waals surface area contributed by atoms with E-state index in [-0.39, 0.29) is 10.8 Å². The molecule has 0 saturated carbocycles. The van der Waals surface area contributed by atoms with Gasteiger partial charge in [-0.1, -0.05) is 90.8 Å². The van der Waals surface area contributed by atoms with Gasteiger partial charge in [0.25, 0.3) is 0 Å². The normalized spacial score (nSPS) is 12.5. The molecule has 1 rings (SSSR count). The molecule has 22 heavy (non-hydrogen) atoms. The van der Waals surface area contributed by atoms with Crippen molar-refractivity contribution in [2.45, 2.75) is 85.0 Å². The second-order valence-electron chi connectivity index (χ2n) is 8.29. The maximum Gasteiger partial charge on any atom is 0.0480 e. The van der Waals surface area contributed by atoms with Gasteiger partial charge in [-0.15, -0.1) is 0 Å². The van der Waals surface area contributed by atoms with Gasteiger partial charge in [0.05, 0.1) is 0 Å². The predicted molar refractivity (Wildman–Crippen MR) is 105 cm³/mol. The zero-order valence-electron chi connectivity index (χ0n) is 15.3. The Morgan fingerprint density at radius 1 is 0.955 bits per heavy atom. The van der Waals surface area contributed by atoms with Crippen LogP contribution >= 0.6 is 23.8 Å². The molecule has 0 aromatic heterocycles. The minimum absolute atomic E-state index is 0.0526. The Morgan fingerprint density at radius 3 is 1.77 bits per heavy atom. The third kappa shape index (κ3) is 5.35. The van der Waals surface area contributed by atoms with E-state index in [4.69, 9.17) is 23.8 Å². The quantitative estimate of drug-likeness (QED) is 0.519. The van der Waals surface area contributed by atoms with Crippen LogP contribution in [0.15, 0.2) is 12.1 Å². The second-order valence-corrected chi connectivity index (χ2v) is 9.25. The van der Waals surface area contributed by atoms with Crippen molar-refractivity contribution in [2.75, 3.05) is 0 Å². The smallest absolute Gasteiger partial charge is 0.0480 e. The van der Waals surface area contributed by atoms with E-state index in [9.17, 15) is 0 Å². The van der Waals surface area contributed by atoms with Crippen molar-refractivity contribution in [1.29, 1.82) is 0 Å². The summed E-state index contributed by atoms with van der Waals surface area (Å²) in [6.07, 6.45) is 4.21. The van der Waals surface area contributed by atoms with E-state index < -0.39 is 0 Å². The second kappa shape index (κ2) is 7.45. The standard InChI is InChI=1S/C20H31ClS/c1-8-9-15(22)11-10-14-12-16(19(2,3)4)18(21)17(13-14)20(5,6)7/h12-13H,8-11H2,1-7H3. The summed E-state index contributed by atoms with van der Waals surface area (Å²) in [7, 11) is 0. The summed E-state index contributed by atoms with van der Waals surface area (Å²) in [6, 6.07) is 4.57. The summed E-state index contributed by atoms with van der Waals surface area (Å²) >= 11 is 12.2. The minimum Gasteiger partial charge on any atom is -0.0897 e. The maximum atomic E-state index is 6.74. The molecule has 1 aromatic rings. The fourth-order valence-electron chi connectivity index (χ4n) is 2.61. The van der Waals surface area contributed by atoms with E-state index in [1.807, 2.05) is 0 Å². The highest BCUT2D eigenvalue weighted by molar-refractivity contribution is 7.80. The Labute approximate surface area is 147 Å². The van der Waals surface area contributed by atoms with Crippen molar-refractivity contribution in [2.24, 2.45) is 0 Å². The summed E-state index contributed by atoms with van der Waals surface area (Å²) in [4.78, 5) is 1.19. The van der Waals surface area contributed by atoms with Crippen LogP contribution in [0.5, 0.6) is 0 Å². The lowest BCUT2D eigenvalue weighted by Crippen LogP contribution is -2.18. The van der Waals surface area contributed by atoms with Crippen LogP contribution in [0.4, 0.5) is 0 Å². The molecule has 0 saturated heterocycles. The van der Waals surface area contributed by atoms with E-state index in [0.29, 0.717) is 0 Å². The van der Waals surface area contributed by atoms with Crippen LogP contribution in [0.25, 0.3) is 0 Å². The molecular formula is C20H31ClS. The molecular weight excluding hydrogens is 308 g/mol.